The zero-order chi connectivity index (χ0) is 16.1. The minimum Gasteiger partial charge on any atom is -0.455 e. The van der Waals surface area contributed by atoms with E-state index < -0.39 is 0 Å². The number of aromatic nitrogens is 1. The van der Waals surface area contributed by atoms with Crippen LogP contribution in [0.3, 0.4) is 0 Å². The van der Waals surface area contributed by atoms with Crippen molar-refractivity contribution in [3.05, 3.63) is 59.8 Å². The minimum atomic E-state index is 0.642. The summed E-state index contributed by atoms with van der Waals surface area (Å²) in [4.78, 5) is 4.45. The Labute approximate surface area is 140 Å². The average molecular weight is 328 g/mol. The summed E-state index contributed by atoms with van der Waals surface area (Å²) < 4.78 is 5.96. The molecule has 0 spiro atoms. The first-order valence-corrected chi connectivity index (χ1v) is 7.91. The maximum absolute atomic E-state index is 6.39. The molecular formula is C18H18ClN3O. The van der Waals surface area contributed by atoms with Crippen LogP contribution in [-0.2, 0) is 0 Å². The molecule has 1 heterocycles. The fraction of sp³-hybridized carbons (Fsp3) is 0.167. The molecule has 0 aliphatic rings. The largest absolute Gasteiger partial charge is 0.455 e. The summed E-state index contributed by atoms with van der Waals surface area (Å²) in [6.45, 7) is 1.43. The molecule has 0 unspecified atom stereocenters. The summed E-state index contributed by atoms with van der Waals surface area (Å²) in [7, 11) is 0. The van der Waals surface area contributed by atoms with Gasteiger partial charge < -0.3 is 15.8 Å². The number of ether oxygens (including phenoxy) is 1. The van der Waals surface area contributed by atoms with Gasteiger partial charge in [-0.25, -0.2) is 0 Å². The van der Waals surface area contributed by atoms with Crippen LogP contribution >= 0.6 is 11.6 Å². The molecule has 0 radical (unpaired) electrons. The van der Waals surface area contributed by atoms with Gasteiger partial charge in [-0.3, -0.25) is 4.98 Å². The van der Waals surface area contributed by atoms with E-state index in [1.54, 1.807) is 6.20 Å². The Kier molecular flexibility index (Phi) is 4.95. The number of fused-ring (bicyclic) bond motifs is 1. The molecule has 0 atom stereocenters. The summed E-state index contributed by atoms with van der Waals surface area (Å²) >= 11 is 6.39. The highest BCUT2D eigenvalue weighted by molar-refractivity contribution is 6.36. The Balaban J connectivity index is 2.00. The van der Waals surface area contributed by atoms with Crippen LogP contribution in [0.25, 0.3) is 10.9 Å². The van der Waals surface area contributed by atoms with Crippen molar-refractivity contribution < 1.29 is 4.74 Å². The van der Waals surface area contributed by atoms with Gasteiger partial charge in [-0.15, -0.1) is 0 Å². The van der Waals surface area contributed by atoms with Gasteiger partial charge in [0.2, 0.25) is 0 Å². The molecule has 0 fully saturated rings. The van der Waals surface area contributed by atoms with E-state index in [-0.39, 0.29) is 0 Å². The number of nitrogens with zero attached hydrogens (tertiary/aromatic N) is 1. The van der Waals surface area contributed by atoms with Crippen LogP contribution in [-0.4, -0.2) is 18.1 Å². The fourth-order valence-electron chi connectivity index (χ4n) is 2.37. The lowest BCUT2D eigenvalue weighted by molar-refractivity contribution is 0.487. The number of hydrogen-bond donors (Lipinski definition) is 2. The highest BCUT2D eigenvalue weighted by Crippen LogP contribution is 2.36. The quantitative estimate of drug-likeness (QED) is 0.657. The number of anilines is 1. The molecule has 23 heavy (non-hydrogen) atoms. The Hall–Kier alpha value is -2.30. The zero-order valence-electron chi connectivity index (χ0n) is 12.6. The molecule has 0 bridgehead atoms. The third kappa shape index (κ3) is 3.55. The summed E-state index contributed by atoms with van der Waals surface area (Å²) in [6.07, 6.45) is 2.64. The summed E-state index contributed by atoms with van der Waals surface area (Å²) in [5.41, 5.74) is 7.22. The SMILES string of the molecule is NCCCNc1ccnc2c(Oc3ccccc3)ccc(Cl)c12. The molecule has 3 aromatic rings. The van der Waals surface area contributed by atoms with Crippen molar-refractivity contribution in [1.29, 1.82) is 0 Å². The van der Waals surface area contributed by atoms with E-state index in [0.717, 1.165) is 35.3 Å². The highest BCUT2D eigenvalue weighted by atomic mass is 35.5. The smallest absolute Gasteiger partial charge is 0.153 e. The lowest BCUT2D eigenvalue weighted by atomic mass is 10.1. The first kappa shape index (κ1) is 15.6. The monoisotopic (exact) mass is 327 g/mol. The van der Waals surface area contributed by atoms with Crippen LogP contribution in [0.2, 0.25) is 5.02 Å². The van der Waals surface area contributed by atoms with E-state index in [4.69, 9.17) is 22.1 Å². The topological polar surface area (TPSA) is 60.2 Å². The van der Waals surface area contributed by atoms with E-state index in [1.165, 1.54) is 0 Å². The number of benzene rings is 2. The van der Waals surface area contributed by atoms with Crippen LogP contribution in [0, 0.1) is 0 Å². The van der Waals surface area contributed by atoms with Crippen molar-refractivity contribution in [2.24, 2.45) is 5.73 Å². The number of nitrogens with two attached hydrogens (primary N) is 1. The number of rotatable bonds is 6. The minimum absolute atomic E-state index is 0.642. The molecule has 3 N–H and O–H groups in total. The first-order chi connectivity index (χ1) is 11.3. The van der Waals surface area contributed by atoms with Crippen LogP contribution in [0.4, 0.5) is 5.69 Å². The summed E-state index contributed by atoms with van der Waals surface area (Å²) in [6, 6.07) is 15.2. The van der Waals surface area contributed by atoms with Gasteiger partial charge in [-0.05, 0) is 43.3 Å². The third-order valence-electron chi connectivity index (χ3n) is 3.47. The van der Waals surface area contributed by atoms with Gasteiger partial charge in [0.05, 0.1) is 5.02 Å². The standard InChI is InChI=1S/C18H18ClN3O/c19-14-7-8-16(23-13-5-2-1-3-6-13)18-17(14)15(9-12-22-18)21-11-4-10-20/h1-3,5-9,12H,4,10-11,20H2,(H,21,22). The zero-order valence-corrected chi connectivity index (χ0v) is 13.4. The molecule has 5 heteroatoms. The van der Waals surface area contributed by atoms with Crippen molar-refractivity contribution in [1.82, 2.24) is 4.98 Å². The number of para-hydroxylation sites is 1. The number of pyridine rings is 1. The van der Waals surface area contributed by atoms with E-state index in [2.05, 4.69) is 10.3 Å². The van der Waals surface area contributed by atoms with Crippen molar-refractivity contribution >= 4 is 28.2 Å². The number of halogens is 1. The Morgan fingerprint density at radius 1 is 1.09 bits per heavy atom. The maximum atomic E-state index is 6.39. The Morgan fingerprint density at radius 2 is 1.91 bits per heavy atom. The van der Waals surface area contributed by atoms with Crippen LogP contribution < -0.4 is 15.8 Å². The van der Waals surface area contributed by atoms with Gasteiger partial charge >= 0.3 is 0 Å². The lowest BCUT2D eigenvalue weighted by Crippen LogP contribution is -2.08. The molecule has 0 saturated heterocycles. The van der Waals surface area contributed by atoms with Gasteiger partial charge in [-0.2, -0.15) is 0 Å². The number of hydrogen-bond acceptors (Lipinski definition) is 4. The molecule has 118 valence electrons. The Morgan fingerprint density at radius 3 is 2.70 bits per heavy atom. The molecule has 0 aliphatic heterocycles. The summed E-state index contributed by atoms with van der Waals surface area (Å²) in [5.74, 6) is 1.44. The second-order valence-corrected chi connectivity index (χ2v) is 5.52. The lowest BCUT2D eigenvalue weighted by Gasteiger charge is -2.13. The molecule has 3 rings (SSSR count). The Bertz CT molecular complexity index is 793. The van der Waals surface area contributed by atoms with Gasteiger partial charge in [0.1, 0.15) is 11.3 Å². The van der Waals surface area contributed by atoms with Gasteiger partial charge in [-0.1, -0.05) is 29.8 Å². The highest BCUT2D eigenvalue weighted by Gasteiger charge is 2.12. The van der Waals surface area contributed by atoms with Crippen molar-refractivity contribution in [2.75, 3.05) is 18.4 Å². The first-order valence-electron chi connectivity index (χ1n) is 7.53. The van der Waals surface area contributed by atoms with Crippen LogP contribution in [0.15, 0.2) is 54.7 Å². The van der Waals surface area contributed by atoms with Crippen molar-refractivity contribution in [2.45, 2.75) is 6.42 Å². The van der Waals surface area contributed by atoms with E-state index in [9.17, 15) is 0 Å². The third-order valence-corrected chi connectivity index (χ3v) is 3.79. The predicted octanol–water partition coefficient (Wildman–Crippen LogP) is 4.44. The molecule has 2 aromatic carbocycles. The van der Waals surface area contributed by atoms with Crippen LogP contribution in [0.1, 0.15) is 6.42 Å². The molecule has 0 saturated carbocycles. The van der Waals surface area contributed by atoms with Gasteiger partial charge in [0.15, 0.2) is 5.75 Å². The van der Waals surface area contributed by atoms with E-state index in [0.29, 0.717) is 17.3 Å². The average Bonchev–Trinajstić information content (AvgIpc) is 2.59. The molecule has 1 aromatic heterocycles. The normalized spacial score (nSPS) is 10.7. The van der Waals surface area contributed by atoms with Crippen LogP contribution in [0.5, 0.6) is 11.5 Å². The summed E-state index contributed by atoms with van der Waals surface area (Å²) in [5, 5.41) is 4.86. The second kappa shape index (κ2) is 7.31. The van der Waals surface area contributed by atoms with Crippen molar-refractivity contribution in [3.8, 4) is 11.5 Å². The maximum Gasteiger partial charge on any atom is 0.153 e. The number of nitrogens with one attached hydrogen (secondary N) is 1. The molecule has 0 aliphatic carbocycles. The fourth-order valence-corrected chi connectivity index (χ4v) is 2.63. The molecule has 4 nitrogen and oxygen atoms in total. The van der Waals surface area contributed by atoms with Gasteiger partial charge in [0, 0.05) is 23.8 Å². The van der Waals surface area contributed by atoms with E-state index in [1.807, 2.05) is 48.5 Å². The van der Waals surface area contributed by atoms with Gasteiger partial charge in [0.25, 0.3) is 0 Å². The predicted molar refractivity (Wildman–Crippen MR) is 95.4 cm³/mol. The second-order valence-electron chi connectivity index (χ2n) is 5.11. The molecular weight excluding hydrogens is 310 g/mol. The van der Waals surface area contributed by atoms with E-state index >= 15 is 0 Å². The molecule has 0 amide bonds. The van der Waals surface area contributed by atoms with Crippen molar-refractivity contribution in [3.63, 3.8) is 0 Å².